The van der Waals surface area contributed by atoms with Gasteiger partial charge in [0.15, 0.2) is 11.5 Å². The fraction of sp³-hybridized carbons (Fsp3) is 0.630. The highest BCUT2D eigenvalue weighted by Crippen LogP contribution is 2.32. The molecule has 202 valence electrons. The zero-order chi connectivity index (χ0) is 27.7. The molecule has 0 aliphatic heterocycles. The van der Waals surface area contributed by atoms with Crippen molar-refractivity contribution in [2.75, 3.05) is 6.61 Å². The summed E-state index contributed by atoms with van der Waals surface area (Å²) in [5, 5.41) is 0. The minimum atomic E-state index is -1.01. The Labute approximate surface area is 214 Å². The highest BCUT2D eigenvalue weighted by molar-refractivity contribution is 5.78. The molecule has 1 rings (SSSR count). The fourth-order valence-electron chi connectivity index (χ4n) is 3.00. The Morgan fingerprint density at radius 3 is 1.89 bits per heavy atom. The molecule has 0 aliphatic rings. The first kappa shape index (κ1) is 31.1. The van der Waals surface area contributed by atoms with Crippen LogP contribution in [-0.4, -0.2) is 42.6 Å². The molecule has 0 unspecified atom stereocenters. The Morgan fingerprint density at radius 2 is 1.39 bits per heavy atom. The van der Waals surface area contributed by atoms with Crippen LogP contribution in [0.1, 0.15) is 80.2 Å². The second-order valence-corrected chi connectivity index (χ2v) is 11.3. The predicted molar refractivity (Wildman–Crippen MR) is 134 cm³/mol. The fourth-order valence-corrected chi connectivity index (χ4v) is 3.00. The van der Waals surface area contributed by atoms with Gasteiger partial charge in [-0.1, -0.05) is 54.5 Å². The monoisotopic (exact) mass is 507 g/mol. The van der Waals surface area contributed by atoms with Crippen molar-refractivity contribution in [1.82, 2.24) is 0 Å². The molecule has 2 atom stereocenters. The van der Waals surface area contributed by atoms with Crippen molar-refractivity contribution in [1.29, 1.82) is 0 Å². The molecule has 1 aromatic rings. The summed E-state index contributed by atoms with van der Waals surface area (Å²) >= 11 is 0. The van der Waals surface area contributed by atoms with Crippen LogP contribution in [0.2, 0.25) is 0 Å². The number of hydrogen-bond acceptors (Lipinski definition) is 9. The van der Waals surface area contributed by atoms with Crippen LogP contribution >= 0.6 is 0 Å². The van der Waals surface area contributed by atoms with Crippen LogP contribution in [-0.2, 0) is 35.1 Å². The maximum Gasteiger partial charge on any atom is 0.323 e. The average molecular weight is 508 g/mol. The van der Waals surface area contributed by atoms with Crippen LogP contribution in [0.25, 0.3) is 0 Å². The lowest BCUT2D eigenvalue weighted by atomic mass is 9.92. The Morgan fingerprint density at radius 1 is 0.861 bits per heavy atom. The van der Waals surface area contributed by atoms with Gasteiger partial charge in [-0.2, -0.15) is 0 Å². The smallest absolute Gasteiger partial charge is 0.323 e. The highest BCUT2D eigenvalue weighted by atomic mass is 16.6. The van der Waals surface area contributed by atoms with Crippen molar-refractivity contribution >= 4 is 23.9 Å². The first-order chi connectivity index (χ1) is 16.5. The standard InChI is InChI=1S/C27H41NO8/c1-9-22(29)33-16-17(2)34-25(32)19(28)12-18-10-11-20(35-23(30)14-26(3,4)5)21(13-18)36-24(31)15-27(6,7)8/h10-11,13,17,19H,9,12,14-16,28H2,1-8H3/t17-,19-/m0/s1. The van der Waals surface area contributed by atoms with Gasteiger partial charge in [-0.15, -0.1) is 0 Å². The first-order valence-electron chi connectivity index (χ1n) is 12.1. The maximum absolute atomic E-state index is 12.5. The minimum absolute atomic E-state index is 0.0619. The molecule has 0 aromatic heterocycles. The molecule has 0 heterocycles. The maximum atomic E-state index is 12.5. The summed E-state index contributed by atoms with van der Waals surface area (Å²) in [6.07, 6.45) is -0.0199. The molecule has 0 spiro atoms. The summed E-state index contributed by atoms with van der Waals surface area (Å²) in [7, 11) is 0. The minimum Gasteiger partial charge on any atom is -0.462 e. The first-order valence-corrected chi connectivity index (χ1v) is 12.1. The van der Waals surface area contributed by atoms with Crippen LogP contribution < -0.4 is 15.2 Å². The summed E-state index contributed by atoms with van der Waals surface area (Å²) in [5.74, 6) is -1.81. The van der Waals surface area contributed by atoms with Gasteiger partial charge < -0.3 is 24.7 Å². The SMILES string of the molecule is CCC(=O)OC[C@H](C)OC(=O)[C@@H](N)Cc1ccc(OC(=O)CC(C)(C)C)c(OC(=O)CC(C)(C)C)c1. The van der Waals surface area contributed by atoms with Gasteiger partial charge in [0.25, 0.3) is 0 Å². The summed E-state index contributed by atoms with van der Waals surface area (Å²) in [5.41, 5.74) is 6.03. The van der Waals surface area contributed by atoms with E-state index < -0.39 is 30.1 Å². The molecule has 0 fully saturated rings. The van der Waals surface area contributed by atoms with Crippen LogP contribution in [0.5, 0.6) is 11.5 Å². The summed E-state index contributed by atoms with van der Waals surface area (Å²) in [6, 6.07) is 3.67. The van der Waals surface area contributed by atoms with E-state index in [0.29, 0.717) is 5.56 Å². The molecule has 0 amide bonds. The Kier molecular flexibility index (Phi) is 11.6. The molecule has 0 aliphatic carbocycles. The largest absolute Gasteiger partial charge is 0.462 e. The summed E-state index contributed by atoms with van der Waals surface area (Å²) in [4.78, 5) is 48.5. The molecule has 0 radical (unpaired) electrons. The number of benzene rings is 1. The van der Waals surface area contributed by atoms with Gasteiger partial charge >= 0.3 is 23.9 Å². The van der Waals surface area contributed by atoms with Crippen molar-refractivity contribution < 1.29 is 38.1 Å². The van der Waals surface area contributed by atoms with Crippen molar-refractivity contribution in [3.05, 3.63) is 23.8 Å². The average Bonchev–Trinajstić information content (AvgIpc) is 2.70. The molecule has 9 nitrogen and oxygen atoms in total. The van der Waals surface area contributed by atoms with Gasteiger partial charge in [0.05, 0.1) is 12.8 Å². The Hall–Kier alpha value is -2.94. The Bertz CT molecular complexity index is 927. The second kappa shape index (κ2) is 13.4. The van der Waals surface area contributed by atoms with Crippen molar-refractivity contribution in [3.8, 4) is 11.5 Å². The van der Waals surface area contributed by atoms with E-state index in [1.165, 1.54) is 12.1 Å². The molecule has 36 heavy (non-hydrogen) atoms. The summed E-state index contributed by atoms with van der Waals surface area (Å²) < 4.78 is 21.3. The van der Waals surface area contributed by atoms with Gasteiger partial charge in [0.2, 0.25) is 0 Å². The number of carbonyl (C=O) groups is 4. The third-order valence-electron chi connectivity index (χ3n) is 4.65. The third kappa shape index (κ3) is 12.7. The normalized spacial score (nSPS) is 13.4. The topological polar surface area (TPSA) is 131 Å². The number of nitrogens with two attached hydrogens (primary N) is 1. The van der Waals surface area contributed by atoms with Gasteiger partial charge in [0, 0.05) is 6.42 Å². The quantitative estimate of drug-likeness (QED) is 0.347. The highest BCUT2D eigenvalue weighted by Gasteiger charge is 2.24. The van der Waals surface area contributed by atoms with Crippen LogP contribution in [0.3, 0.4) is 0 Å². The van der Waals surface area contributed by atoms with E-state index in [1.54, 1.807) is 19.9 Å². The number of hydrogen-bond donors (Lipinski definition) is 1. The van der Waals surface area contributed by atoms with E-state index in [0.717, 1.165) is 0 Å². The van der Waals surface area contributed by atoms with E-state index in [-0.39, 0.29) is 60.6 Å². The van der Waals surface area contributed by atoms with Gasteiger partial charge in [0.1, 0.15) is 18.8 Å². The molecular weight excluding hydrogens is 466 g/mol. The van der Waals surface area contributed by atoms with Crippen LogP contribution in [0.4, 0.5) is 0 Å². The number of esters is 4. The number of carbonyl (C=O) groups excluding carboxylic acids is 4. The van der Waals surface area contributed by atoms with Crippen molar-refractivity contribution in [2.45, 2.75) is 93.2 Å². The van der Waals surface area contributed by atoms with E-state index in [2.05, 4.69) is 0 Å². The second-order valence-electron chi connectivity index (χ2n) is 11.3. The van der Waals surface area contributed by atoms with Crippen LogP contribution in [0.15, 0.2) is 18.2 Å². The Balaban J connectivity index is 2.99. The third-order valence-corrected chi connectivity index (χ3v) is 4.65. The van der Waals surface area contributed by atoms with Crippen molar-refractivity contribution in [2.24, 2.45) is 16.6 Å². The predicted octanol–water partition coefficient (Wildman–Crippen LogP) is 4.12. The molecule has 1 aromatic carbocycles. The number of ether oxygens (including phenoxy) is 4. The molecule has 0 bridgehead atoms. The zero-order valence-corrected chi connectivity index (χ0v) is 22.8. The lowest BCUT2D eigenvalue weighted by molar-refractivity contribution is -0.158. The molecular formula is C27H41NO8. The van der Waals surface area contributed by atoms with Gasteiger partial charge in [-0.05, 0) is 41.9 Å². The zero-order valence-electron chi connectivity index (χ0n) is 22.8. The molecule has 0 saturated heterocycles. The number of rotatable bonds is 11. The molecule has 0 saturated carbocycles. The molecule has 2 N–H and O–H groups in total. The van der Waals surface area contributed by atoms with E-state index in [9.17, 15) is 19.2 Å². The van der Waals surface area contributed by atoms with E-state index >= 15 is 0 Å². The lowest BCUT2D eigenvalue weighted by Crippen LogP contribution is -2.37. The van der Waals surface area contributed by atoms with E-state index in [4.69, 9.17) is 24.7 Å². The van der Waals surface area contributed by atoms with Crippen LogP contribution in [0, 0.1) is 10.8 Å². The van der Waals surface area contributed by atoms with Gasteiger partial charge in [-0.3, -0.25) is 19.2 Å². The molecule has 9 heteroatoms. The van der Waals surface area contributed by atoms with Crippen molar-refractivity contribution in [3.63, 3.8) is 0 Å². The van der Waals surface area contributed by atoms with E-state index in [1.807, 2.05) is 41.5 Å². The summed E-state index contributed by atoms with van der Waals surface area (Å²) in [6.45, 7) is 14.7. The van der Waals surface area contributed by atoms with Gasteiger partial charge in [-0.25, -0.2) is 0 Å². The lowest BCUT2D eigenvalue weighted by Gasteiger charge is -2.20.